The number of rotatable bonds is 8. The fourth-order valence-electron chi connectivity index (χ4n) is 2.92. The van der Waals surface area contributed by atoms with Gasteiger partial charge in [-0.2, -0.15) is 0 Å². The van der Waals surface area contributed by atoms with E-state index in [0.717, 1.165) is 16.7 Å². The lowest BCUT2D eigenvalue weighted by Gasteiger charge is -2.23. The molecule has 0 atom stereocenters. The van der Waals surface area contributed by atoms with Crippen molar-refractivity contribution in [2.24, 2.45) is 0 Å². The zero-order valence-electron chi connectivity index (χ0n) is 17.1. The molecule has 0 spiro atoms. The molecule has 0 bridgehead atoms. The maximum Gasteiger partial charge on any atom is 0.161 e. The highest BCUT2D eigenvalue weighted by Gasteiger charge is 2.23. The molecule has 0 saturated carbocycles. The highest BCUT2D eigenvalue weighted by atomic mass is 16.5. The summed E-state index contributed by atoms with van der Waals surface area (Å²) in [6, 6.07) is 4.34. The molecule has 0 radical (unpaired) electrons. The van der Waals surface area contributed by atoms with E-state index in [-0.39, 0.29) is 30.0 Å². The summed E-state index contributed by atoms with van der Waals surface area (Å²) < 4.78 is 5.42. The topological polar surface area (TPSA) is 46.5 Å². The average Bonchev–Trinajstić information content (AvgIpc) is 2.52. The van der Waals surface area contributed by atoms with Crippen molar-refractivity contribution in [3.63, 3.8) is 0 Å². The van der Waals surface area contributed by atoms with E-state index in [2.05, 4.69) is 53.7 Å². The number of ether oxygens (including phenoxy) is 1. The van der Waals surface area contributed by atoms with Gasteiger partial charge in [0.1, 0.15) is 5.76 Å². The Bertz CT molecular complexity index is 608. The van der Waals surface area contributed by atoms with E-state index < -0.39 is 0 Å². The van der Waals surface area contributed by atoms with E-state index in [1.54, 1.807) is 0 Å². The highest BCUT2D eigenvalue weighted by Crippen LogP contribution is 2.36. The Morgan fingerprint density at radius 3 is 1.80 bits per heavy atom. The second kappa shape index (κ2) is 9.19. The number of aliphatic hydroxyl groups excluding tert-OH is 1. The van der Waals surface area contributed by atoms with E-state index in [4.69, 9.17) is 4.74 Å². The first-order valence-electron chi connectivity index (χ1n) is 9.30. The van der Waals surface area contributed by atoms with Crippen molar-refractivity contribution in [1.29, 1.82) is 0 Å². The van der Waals surface area contributed by atoms with Crippen LogP contribution in [0.3, 0.4) is 0 Å². The standard InChI is InChI=1S/C22H34O3/c1-9-25-12-20(16(8)23)22(24)21-18(14(4)5)10-17(13(2)3)11-19(21)15(6)7/h10-11,13-15,24H,9,12H2,1-8H3/b22-20-. The number of Topliss-reactive ketones (excluding diaryl/α,β-unsaturated/α-hetero) is 1. The molecule has 1 aromatic rings. The molecule has 25 heavy (non-hydrogen) atoms. The Hall–Kier alpha value is -1.61. The second-order valence-corrected chi connectivity index (χ2v) is 7.56. The first-order valence-corrected chi connectivity index (χ1v) is 9.30. The molecule has 0 unspecified atom stereocenters. The molecule has 3 nitrogen and oxygen atoms in total. The van der Waals surface area contributed by atoms with Gasteiger partial charge in [-0.05, 0) is 48.3 Å². The van der Waals surface area contributed by atoms with Gasteiger partial charge in [0, 0.05) is 12.2 Å². The zero-order valence-corrected chi connectivity index (χ0v) is 17.1. The van der Waals surface area contributed by atoms with Crippen LogP contribution in [0.5, 0.6) is 0 Å². The van der Waals surface area contributed by atoms with Gasteiger partial charge in [0.05, 0.1) is 12.2 Å². The molecule has 1 N–H and O–H groups in total. The second-order valence-electron chi connectivity index (χ2n) is 7.56. The van der Waals surface area contributed by atoms with Crippen molar-refractivity contribution < 1.29 is 14.6 Å². The van der Waals surface area contributed by atoms with Gasteiger partial charge in [0.15, 0.2) is 5.78 Å². The van der Waals surface area contributed by atoms with Crippen LogP contribution in [0.2, 0.25) is 0 Å². The number of ketones is 1. The molecule has 0 heterocycles. The largest absolute Gasteiger partial charge is 0.507 e. The molecule has 0 fully saturated rings. The Balaban J connectivity index is 3.78. The Morgan fingerprint density at radius 1 is 1.00 bits per heavy atom. The molecular weight excluding hydrogens is 312 g/mol. The van der Waals surface area contributed by atoms with Crippen LogP contribution in [0.4, 0.5) is 0 Å². The summed E-state index contributed by atoms with van der Waals surface area (Å²) in [6.07, 6.45) is 0. The molecular formula is C22H34O3. The van der Waals surface area contributed by atoms with Crippen LogP contribution < -0.4 is 0 Å². The lowest BCUT2D eigenvalue weighted by molar-refractivity contribution is -0.114. The smallest absolute Gasteiger partial charge is 0.161 e. The summed E-state index contributed by atoms with van der Waals surface area (Å²) in [4.78, 5) is 12.1. The molecule has 0 aliphatic carbocycles. The van der Waals surface area contributed by atoms with Gasteiger partial charge in [-0.15, -0.1) is 0 Å². The maximum atomic E-state index is 12.1. The first-order chi connectivity index (χ1) is 11.6. The Labute approximate surface area is 153 Å². The molecule has 0 aromatic heterocycles. The van der Waals surface area contributed by atoms with Crippen molar-refractivity contribution in [3.8, 4) is 0 Å². The number of carbonyl (C=O) groups excluding carboxylic acids is 1. The number of hydrogen-bond acceptors (Lipinski definition) is 3. The van der Waals surface area contributed by atoms with Crippen LogP contribution in [0.1, 0.15) is 95.4 Å². The summed E-state index contributed by atoms with van der Waals surface area (Å²) in [5.41, 5.74) is 4.59. The fourth-order valence-corrected chi connectivity index (χ4v) is 2.92. The number of hydrogen-bond donors (Lipinski definition) is 1. The molecule has 0 aliphatic rings. The van der Waals surface area contributed by atoms with Gasteiger partial charge < -0.3 is 9.84 Å². The van der Waals surface area contributed by atoms with Gasteiger partial charge in [-0.25, -0.2) is 0 Å². The summed E-state index contributed by atoms with van der Waals surface area (Å²) in [6.45, 7) is 16.8. The van der Waals surface area contributed by atoms with Crippen LogP contribution in [0, 0.1) is 0 Å². The maximum absolute atomic E-state index is 12.1. The van der Waals surface area contributed by atoms with Crippen LogP contribution in [0.25, 0.3) is 5.76 Å². The molecule has 140 valence electrons. The summed E-state index contributed by atoms with van der Waals surface area (Å²) in [5, 5.41) is 11.0. The normalized spacial score (nSPS) is 12.9. The van der Waals surface area contributed by atoms with E-state index in [0.29, 0.717) is 18.1 Å². The van der Waals surface area contributed by atoms with Crippen LogP contribution >= 0.6 is 0 Å². The summed E-state index contributed by atoms with van der Waals surface area (Å²) in [7, 11) is 0. The van der Waals surface area contributed by atoms with E-state index in [1.807, 2.05) is 6.92 Å². The SMILES string of the molecule is CCOC/C(C(C)=O)=C(/O)c1c(C(C)C)cc(C(C)C)cc1C(C)C. The van der Waals surface area contributed by atoms with Gasteiger partial charge in [-0.3, -0.25) is 4.79 Å². The Kier molecular flexibility index (Phi) is 7.88. The molecule has 0 aliphatic heterocycles. The molecule has 3 heteroatoms. The fraction of sp³-hybridized carbons (Fsp3) is 0.591. The lowest BCUT2D eigenvalue weighted by atomic mass is 9.83. The van der Waals surface area contributed by atoms with Gasteiger partial charge in [-0.1, -0.05) is 53.7 Å². The van der Waals surface area contributed by atoms with E-state index in [9.17, 15) is 9.90 Å². The van der Waals surface area contributed by atoms with Crippen molar-refractivity contribution in [2.75, 3.05) is 13.2 Å². The average molecular weight is 347 g/mol. The van der Waals surface area contributed by atoms with Gasteiger partial charge >= 0.3 is 0 Å². The summed E-state index contributed by atoms with van der Waals surface area (Å²) in [5.74, 6) is 0.820. The van der Waals surface area contributed by atoms with Crippen LogP contribution in [0.15, 0.2) is 17.7 Å². The van der Waals surface area contributed by atoms with Crippen LogP contribution in [-0.2, 0) is 9.53 Å². The number of carbonyl (C=O) groups is 1. The monoisotopic (exact) mass is 346 g/mol. The molecule has 0 saturated heterocycles. The van der Waals surface area contributed by atoms with Crippen LogP contribution in [-0.4, -0.2) is 24.1 Å². The van der Waals surface area contributed by atoms with Crippen molar-refractivity contribution in [3.05, 3.63) is 40.0 Å². The minimum Gasteiger partial charge on any atom is -0.507 e. The quantitative estimate of drug-likeness (QED) is 0.467. The van der Waals surface area contributed by atoms with E-state index in [1.165, 1.54) is 12.5 Å². The highest BCUT2D eigenvalue weighted by molar-refractivity contribution is 6.00. The molecule has 1 aromatic carbocycles. The minimum absolute atomic E-state index is 0.0728. The third-order valence-corrected chi connectivity index (χ3v) is 4.53. The van der Waals surface area contributed by atoms with Crippen molar-refractivity contribution in [2.45, 2.75) is 73.1 Å². The first kappa shape index (κ1) is 21.4. The van der Waals surface area contributed by atoms with Gasteiger partial charge in [0.25, 0.3) is 0 Å². The third kappa shape index (κ3) is 5.18. The zero-order chi connectivity index (χ0) is 19.3. The van der Waals surface area contributed by atoms with E-state index >= 15 is 0 Å². The third-order valence-electron chi connectivity index (χ3n) is 4.53. The van der Waals surface area contributed by atoms with Crippen molar-refractivity contribution in [1.82, 2.24) is 0 Å². The Morgan fingerprint density at radius 2 is 1.48 bits per heavy atom. The molecule has 0 amide bonds. The number of benzene rings is 1. The summed E-state index contributed by atoms with van der Waals surface area (Å²) >= 11 is 0. The molecule has 1 rings (SSSR count). The van der Waals surface area contributed by atoms with Crippen molar-refractivity contribution >= 4 is 11.5 Å². The number of aliphatic hydroxyl groups is 1. The predicted molar refractivity (Wildman–Crippen MR) is 105 cm³/mol. The lowest BCUT2D eigenvalue weighted by Crippen LogP contribution is -2.13. The predicted octanol–water partition coefficient (Wildman–Crippen LogP) is 5.95. The van der Waals surface area contributed by atoms with Gasteiger partial charge in [0.2, 0.25) is 0 Å². The minimum atomic E-state index is -0.150.